The second-order valence-corrected chi connectivity index (χ2v) is 24.5. The van der Waals surface area contributed by atoms with Crippen molar-refractivity contribution in [3.63, 3.8) is 0 Å². The lowest BCUT2D eigenvalue weighted by Gasteiger charge is -2.31. The molecule has 0 radical (unpaired) electrons. The van der Waals surface area contributed by atoms with Crippen molar-refractivity contribution in [2.75, 3.05) is 0 Å². The third-order valence-electron chi connectivity index (χ3n) is 11.8. The third kappa shape index (κ3) is 10.3. The summed E-state index contributed by atoms with van der Waals surface area (Å²) in [5.74, 6) is 2.26. The third-order valence-corrected chi connectivity index (χ3v) is 12.9. The minimum absolute atomic E-state index is 0.00210. The van der Waals surface area contributed by atoms with Gasteiger partial charge in [0.25, 0.3) is 0 Å². The summed E-state index contributed by atoms with van der Waals surface area (Å²) >= 11 is 0. The monoisotopic (exact) mass is 837 g/mol. The number of hydrogen-bond donors (Lipinski definition) is 0. The maximum Gasteiger partial charge on any atom is 0.530 e. The molecule has 0 heterocycles. The van der Waals surface area contributed by atoms with Gasteiger partial charge in [0.2, 0.25) is 0 Å². The van der Waals surface area contributed by atoms with Gasteiger partial charge in [0.1, 0.15) is 17.2 Å². The van der Waals surface area contributed by atoms with E-state index in [1.54, 1.807) is 0 Å². The fourth-order valence-electron chi connectivity index (χ4n) is 8.03. The van der Waals surface area contributed by atoms with Crippen LogP contribution in [0.1, 0.15) is 164 Å². The average molecular weight is 837 g/mol. The summed E-state index contributed by atoms with van der Waals surface area (Å²) in [5.41, 5.74) is 10.1. The van der Waals surface area contributed by atoms with Crippen LogP contribution in [0.3, 0.4) is 0 Å². The van der Waals surface area contributed by atoms with E-state index in [1.165, 1.54) is 49.4 Å². The van der Waals surface area contributed by atoms with E-state index in [-0.39, 0.29) is 32.5 Å². The topological polar surface area (TPSA) is 27.7 Å². The molecular formula is C57H73O3P. The lowest BCUT2D eigenvalue weighted by Crippen LogP contribution is -2.19. The summed E-state index contributed by atoms with van der Waals surface area (Å²) in [7, 11) is -2.06. The Hall–Kier alpha value is -4.33. The first-order chi connectivity index (χ1) is 27.9. The van der Waals surface area contributed by atoms with E-state index in [1.807, 2.05) is 12.1 Å². The van der Waals surface area contributed by atoms with E-state index in [2.05, 4.69) is 216 Å². The Balaban J connectivity index is 1.62. The van der Waals surface area contributed by atoms with Crippen LogP contribution in [0, 0.1) is 6.92 Å². The van der Waals surface area contributed by atoms with Crippen LogP contribution in [-0.2, 0) is 32.5 Å². The molecular weight excluding hydrogens is 764 g/mol. The van der Waals surface area contributed by atoms with Gasteiger partial charge in [0.15, 0.2) is 0 Å². The zero-order valence-electron chi connectivity index (χ0n) is 40.9. The van der Waals surface area contributed by atoms with Crippen molar-refractivity contribution >= 4 is 30.1 Å². The van der Waals surface area contributed by atoms with Crippen LogP contribution >= 0.6 is 8.60 Å². The van der Waals surface area contributed by atoms with E-state index in [4.69, 9.17) is 13.6 Å². The quantitative estimate of drug-likeness (QED) is 0.150. The Morgan fingerprint density at radius 3 is 1.11 bits per heavy atom. The molecule has 0 aliphatic carbocycles. The molecule has 0 aromatic heterocycles. The summed E-state index contributed by atoms with van der Waals surface area (Å²) in [6.07, 6.45) is 0. The van der Waals surface area contributed by atoms with Gasteiger partial charge in [-0.3, -0.25) is 0 Å². The Morgan fingerprint density at radius 1 is 0.361 bits per heavy atom. The van der Waals surface area contributed by atoms with Gasteiger partial charge in [-0.2, -0.15) is 0 Å². The summed E-state index contributed by atoms with van der Waals surface area (Å²) in [6, 6.07) is 35.6. The maximum absolute atomic E-state index is 7.32. The Morgan fingerprint density at radius 2 is 0.738 bits per heavy atom. The number of para-hydroxylation sites is 1. The predicted octanol–water partition coefficient (Wildman–Crippen LogP) is 17.5. The minimum atomic E-state index is -2.06. The van der Waals surface area contributed by atoms with E-state index in [9.17, 15) is 0 Å². The van der Waals surface area contributed by atoms with E-state index < -0.39 is 8.60 Å². The number of rotatable bonds is 7. The molecule has 0 bridgehead atoms. The highest BCUT2D eigenvalue weighted by atomic mass is 31.2. The van der Waals surface area contributed by atoms with Gasteiger partial charge in [0.05, 0.1) is 0 Å². The molecule has 0 amide bonds. The van der Waals surface area contributed by atoms with Crippen molar-refractivity contribution < 1.29 is 13.6 Å². The molecule has 0 unspecified atom stereocenters. The van der Waals surface area contributed by atoms with Crippen LogP contribution in [0.2, 0.25) is 0 Å². The molecule has 0 spiro atoms. The van der Waals surface area contributed by atoms with Crippen LogP contribution in [0.4, 0.5) is 0 Å². The standard InChI is InChI=1S/C57H73O3P/c1-36-24-26-37(27-25-36)42-22-20-21-23-49(42)58-61(59-50-34-43-38(30-47(50)56(14,15)16)28-40(52(2,3)4)32-45(43)54(8,9)10)60-51-35-44-39(31-48(51)57(17,18)19)29-41(53(5,6)7)33-46(44)55(11,12)13/h20-35H,1-19H3. The molecule has 0 aliphatic heterocycles. The average Bonchev–Trinajstić information content (AvgIpc) is 3.11. The molecule has 324 valence electrons. The number of aryl methyl sites for hydroxylation is 1. The van der Waals surface area contributed by atoms with Crippen molar-refractivity contribution in [3.8, 4) is 28.4 Å². The maximum atomic E-state index is 7.32. The van der Waals surface area contributed by atoms with E-state index >= 15 is 0 Å². The fourth-order valence-corrected chi connectivity index (χ4v) is 9.08. The van der Waals surface area contributed by atoms with Crippen molar-refractivity contribution in [1.29, 1.82) is 0 Å². The van der Waals surface area contributed by atoms with Gasteiger partial charge < -0.3 is 13.6 Å². The molecule has 6 rings (SSSR count). The Kier molecular flexibility index (Phi) is 12.2. The molecule has 6 aromatic carbocycles. The largest absolute Gasteiger partial charge is 0.530 e. The molecule has 0 atom stereocenters. The van der Waals surface area contributed by atoms with Crippen LogP contribution < -0.4 is 13.6 Å². The van der Waals surface area contributed by atoms with Crippen LogP contribution in [0.15, 0.2) is 97.1 Å². The highest BCUT2D eigenvalue weighted by Crippen LogP contribution is 2.52. The first-order valence-electron chi connectivity index (χ1n) is 22.2. The number of benzene rings is 6. The van der Waals surface area contributed by atoms with Gasteiger partial charge in [0, 0.05) is 16.7 Å². The van der Waals surface area contributed by atoms with Crippen molar-refractivity contribution in [2.45, 2.75) is 164 Å². The second-order valence-electron chi connectivity index (χ2n) is 23.5. The fraction of sp³-hybridized carbons (Fsp3) is 0.439. The summed E-state index contributed by atoms with van der Waals surface area (Å²) in [4.78, 5) is 0. The first kappa shape index (κ1) is 46.2. The van der Waals surface area contributed by atoms with Crippen molar-refractivity contribution in [2.24, 2.45) is 0 Å². The molecule has 4 heteroatoms. The molecule has 0 N–H and O–H groups in total. The van der Waals surface area contributed by atoms with Crippen LogP contribution in [-0.4, -0.2) is 0 Å². The zero-order chi connectivity index (χ0) is 45.2. The van der Waals surface area contributed by atoms with Crippen molar-refractivity contribution in [3.05, 3.63) is 136 Å². The number of hydrogen-bond acceptors (Lipinski definition) is 3. The smallest absolute Gasteiger partial charge is 0.408 e. The van der Waals surface area contributed by atoms with E-state index in [0.717, 1.165) is 33.8 Å². The lowest BCUT2D eigenvalue weighted by atomic mass is 9.76. The molecule has 6 aromatic rings. The SMILES string of the molecule is Cc1ccc(-c2ccccc2OP(Oc2cc3c(C(C)(C)C)cc(C(C)(C)C)cc3cc2C(C)(C)C)Oc2cc3c(C(C)(C)C)cc(C(C)(C)C)cc3cc2C(C)(C)C)cc1. The molecule has 0 saturated heterocycles. The molecule has 0 fully saturated rings. The first-order valence-corrected chi connectivity index (χ1v) is 23.3. The minimum Gasteiger partial charge on any atom is -0.408 e. The van der Waals surface area contributed by atoms with Gasteiger partial charge in [-0.1, -0.05) is 197 Å². The predicted molar refractivity (Wildman–Crippen MR) is 266 cm³/mol. The summed E-state index contributed by atoms with van der Waals surface area (Å²) in [5, 5.41) is 4.81. The Bertz CT molecular complexity index is 2420. The highest BCUT2D eigenvalue weighted by molar-refractivity contribution is 7.43. The zero-order valence-corrected chi connectivity index (χ0v) is 41.8. The van der Waals surface area contributed by atoms with Crippen LogP contribution in [0.25, 0.3) is 32.7 Å². The summed E-state index contributed by atoms with van der Waals surface area (Å²) < 4.78 is 21.8. The normalized spacial score (nSPS) is 13.3. The van der Waals surface area contributed by atoms with Gasteiger partial charge in [-0.15, -0.1) is 0 Å². The molecule has 3 nitrogen and oxygen atoms in total. The second kappa shape index (κ2) is 16.1. The van der Waals surface area contributed by atoms with Crippen LogP contribution in [0.5, 0.6) is 17.2 Å². The molecule has 0 saturated carbocycles. The van der Waals surface area contributed by atoms with Gasteiger partial charge >= 0.3 is 8.60 Å². The lowest BCUT2D eigenvalue weighted by molar-refractivity contribution is 0.378. The Labute approximate surface area is 370 Å². The van der Waals surface area contributed by atoms with E-state index in [0.29, 0.717) is 5.75 Å². The summed E-state index contributed by atoms with van der Waals surface area (Å²) in [6.45, 7) is 43.3. The highest BCUT2D eigenvalue weighted by Gasteiger charge is 2.33. The molecule has 0 aliphatic rings. The van der Waals surface area contributed by atoms with Crippen molar-refractivity contribution in [1.82, 2.24) is 0 Å². The van der Waals surface area contributed by atoms with Gasteiger partial charge in [-0.25, -0.2) is 0 Å². The molecule has 61 heavy (non-hydrogen) atoms. The van der Waals surface area contributed by atoms with Gasteiger partial charge in [-0.05, 0) is 119 Å². The number of fused-ring (bicyclic) bond motifs is 2.